The molecule has 1 amide bonds. The third-order valence-electron chi connectivity index (χ3n) is 2.44. The van der Waals surface area contributed by atoms with Crippen LogP contribution in [0, 0.1) is 5.41 Å². The van der Waals surface area contributed by atoms with E-state index in [1.54, 1.807) is 20.9 Å². The number of nitrogens with zero attached hydrogens (tertiary/aromatic N) is 2. The van der Waals surface area contributed by atoms with Crippen LogP contribution in [-0.4, -0.2) is 60.4 Å². The van der Waals surface area contributed by atoms with Crippen LogP contribution < -0.4 is 5.73 Å². The Kier molecular flexibility index (Phi) is 6.52. The number of rotatable bonds is 7. The highest BCUT2D eigenvalue weighted by Crippen LogP contribution is 2.18. The van der Waals surface area contributed by atoms with E-state index >= 15 is 0 Å². The van der Waals surface area contributed by atoms with Crippen molar-refractivity contribution in [3.63, 3.8) is 0 Å². The summed E-state index contributed by atoms with van der Waals surface area (Å²) < 4.78 is 5.05. The molecular weight excluding hydrogens is 226 g/mol. The number of hydrogen-bond donors (Lipinski definition) is 3. The van der Waals surface area contributed by atoms with Gasteiger partial charge in [-0.1, -0.05) is 5.16 Å². The third-order valence-corrected chi connectivity index (χ3v) is 2.44. The Morgan fingerprint density at radius 1 is 1.47 bits per heavy atom. The second-order valence-electron chi connectivity index (χ2n) is 4.17. The Bertz CT molecular complexity index is 279. The van der Waals surface area contributed by atoms with Crippen LogP contribution in [0.25, 0.3) is 0 Å². The van der Waals surface area contributed by atoms with Gasteiger partial charge in [0.25, 0.3) is 0 Å². The minimum Gasteiger partial charge on any atom is -0.409 e. The molecule has 7 heteroatoms. The van der Waals surface area contributed by atoms with Crippen LogP contribution in [0.2, 0.25) is 0 Å². The first-order valence-electron chi connectivity index (χ1n) is 5.30. The van der Waals surface area contributed by atoms with E-state index in [9.17, 15) is 4.79 Å². The number of hydrogen-bond acceptors (Lipinski definition) is 5. The first-order valence-corrected chi connectivity index (χ1v) is 5.30. The highest BCUT2D eigenvalue weighted by Gasteiger charge is 2.34. The highest BCUT2D eigenvalue weighted by atomic mass is 16.5. The molecule has 0 aromatic carbocycles. The maximum atomic E-state index is 12.0. The number of aliphatic hydroxyl groups is 1. The number of nitrogens with two attached hydrogens (primary N) is 1. The molecule has 0 rings (SSSR count). The number of oxime groups is 1. The fraction of sp³-hybridized carbons (Fsp3) is 0.800. The number of carbonyl (C=O) groups is 1. The molecule has 100 valence electrons. The minimum absolute atomic E-state index is 0.0483. The Hall–Kier alpha value is -1.34. The Labute approximate surface area is 101 Å². The summed E-state index contributed by atoms with van der Waals surface area (Å²) in [5.74, 6) is -0.397. The maximum Gasteiger partial charge on any atom is 0.235 e. The van der Waals surface area contributed by atoms with Gasteiger partial charge in [-0.15, -0.1) is 0 Å². The lowest BCUT2D eigenvalue weighted by Gasteiger charge is -2.28. The van der Waals surface area contributed by atoms with Crippen LogP contribution in [0.1, 0.15) is 13.8 Å². The molecule has 0 atom stereocenters. The van der Waals surface area contributed by atoms with Crippen LogP contribution >= 0.6 is 0 Å². The average molecular weight is 247 g/mol. The van der Waals surface area contributed by atoms with Gasteiger partial charge in [0.2, 0.25) is 5.91 Å². The SMILES string of the molecule is CN(CCOCCO)C(=O)C(C)(C)C(N)=NO. The lowest BCUT2D eigenvalue weighted by molar-refractivity contribution is -0.136. The maximum absolute atomic E-state index is 12.0. The van der Waals surface area contributed by atoms with E-state index in [2.05, 4.69) is 5.16 Å². The van der Waals surface area contributed by atoms with E-state index in [1.165, 1.54) is 4.90 Å². The molecule has 0 fully saturated rings. The zero-order chi connectivity index (χ0) is 13.5. The summed E-state index contributed by atoms with van der Waals surface area (Å²) >= 11 is 0. The van der Waals surface area contributed by atoms with Gasteiger partial charge in [-0.2, -0.15) is 0 Å². The van der Waals surface area contributed by atoms with Crippen molar-refractivity contribution in [1.29, 1.82) is 0 Å². The summed E-state index contributed by atoms with van der Waals surface area (Å²) in [7, 11) is 1.61. The first kappa shape index (κ1) is 15.7. The van der Waals surface area contributed by atoms with E-state index < -0.39 is 5.41 Å². The van der Waals surface area contributed by atoms with Crippen molar-refractivity contribution in [3.05, 3.63) is 0 Å². The van der Waals surface area contributed by atoms with Crippen LogP contribution in [0.4, 0.5) is 0 Å². The summed E-state index contributed by atoms with van der Waals surface area (Å²) in [5.41, 5.74) is 4.40. The lowest BCUT2D eigenvalue weighted by atomic mass is 9.90. The number of carbonyl (C=O) groups excluding carboxylic acids is 1. The smallest absolute Gasteiger partial charge is 0.235 e. The topological polar surface area (TPSA) is 108 Å². The molecule has 0 aliphatic rings. The predicted molar refractivity (Wildman–Crippen MR) is 62.7 cm³/mol. The van der Waals surface area contributed by atoms with Gasteiger partial charge in [0, 0.05) is 13.6 Å². The summed E-state index contributed by atoms with van der Waals surface area (Å²) in [6, 6.07) is 0. The summed E-state index contributed by atoms with van der Waals surface area (Å²) in [4.78, 5) is 13.4. The molecule has 0 aromatic rings. The zero-order valence-electron chi connectivity index (χ0n) is 10.5. The fourth-order valence-corrected chi connectivity index (χ4v) is 1.18. The Morgan fingerprint density at radius 3 is 2.53 bits per heavy atom. The van der Waals surface area contributed by atoms with Gasteiger partial charge in [-0.3, -0.25) is 4.79 Å². The van der Waals surface area contributed by atoms with Crippen molar-refractivity contribution >= 4 is 11.7 Å². The molecule has 4 N–H and O–H groups in total. The summed E-state index contributed by atoms with van der Waals surface area (Å²) in [6.07, 6.45) is 0. The summed E-state index contributed by atoms with van der Waals surface area (Å²) in [5, 5.41) is 20.0. The van der Waals surface area contributed by atoms with Crippen molar-refractivity contribution in [1.82, 2.24) is 4.90 Å². The van der Waals surface area contributed by atoms with Crippen LogP contribution in [0.15, 0.2) is 5.16 Å². The van der Waals surface area contributed by atoms with E-state index in [-0.39, 0.29) is 25.0 Å². The number of amides is 1. The van der Waals surface area contributed by atoms with Gasteiger partial charge < -0.3 is 25.7 Å². The van der Waals surface area contributed by atoms with Crippen molar-refractivity contribution in [2.75, 3.05) is 33.4 Å². The molecule has 0 spiro atoms. The molecule has 17 heavy (non-hydrogen) atoms. The molecule has 0 radical (unpaired) electrons. The number of ether oxygens (including phenoxy) is 1. The number of aliphatic hydroxyl groups excluding tert-OH is 1. The second kappa shape index (κ2) is 7.08. The number of likely N-dealkylation sites (N-methyl/N-ethyl adjacent to an activating group) is 1. The fourth-order valence-electron chi connectivity index (χ4n) is 1.18. The molecule has 7 nitrogen and oxygen atoms in total. The quantitative estimate of drug-likeness (QED) is 0.180. The number of amidine groups is 1. The first-order chi connectivity index (χ1) is 7.87. The highest BCUT2D eigenvalue weighted by molar-refractivity contribution is 6.05. The van der Waals surface area contributed by atoms with Crippen LogP contribution in [0.5, 0.6) is 0 Å². The van der Waals surface area contributed by atoms with Crippen LogP contribution in [-0.2, 0) is 9.53 Å². The van der Waals surface area contributed by atoms with Gasteiger partial charge in [0.05, 0.1) is 19.8 Å². The van der Waals surface area contributed by atoms with E-state index in [1.807, 2.05) is 0 Å². The Morgan fingerprint density at radius 2 is 2.06 bits per heavy atom. The minimum atomic E-state index is -1.06. The molecule has 0 aromatic heterocycles. The van der Waals surface area contributed by atoms with Gasteiger partial charge in [-0.25, -0.2) is 0 Å². The molecule has 0 saturated carbocycles. The Balaban J connectivity index is 4.30. The normalized spacial score (nSPS) is 12.6. The van der Waals surface area contributed by atoms with Gasteiger partial charge in [0.1, 0.15) is 5.41 Å². The van der Waals surface area contributed by atoms with Crippen molar-refractivity contribution < 1.29 is 19.8 Å². The predicted octanol–water partition coefficient (Wildman–Crippen LogP) is -0.774. The molecule has 0 bridgehead atoms. The lowest BCUT2D eigenvalue weighted by Crippen LogP contribution is -2.47. The average Bonchev–Trinajstić information content (AvgIpc) is 2.32. The molecule has 0 aliphatic heterocycles. The molecule has 0 aliphatic carbocycles. The van der Waals surface area contributed by atoms with Gasteiger partial charge in [-0.05, 0) is 13.8 Å². The molecule has 0 saturated heterocycles. The standard InChI is InChI=1S/C10H21N3O4/c1-10(2,8(11)12-16)9(15)13(3)4-6-17-7-5-14/h14,16H,4-7H2,1-3H3,(H2,11,12). The molecule has 0 heterocycles. The molecule has 0 unspecified atom stereocenters. The van der Waals surface area contributed by atoms with Gasteiger partial charge >= 0.3 is 0 Å². The van der Waals surface area contributed by atoms with Crippen molar-refractivity contribution in [2.24, 2.45) is 16.3 Å². The zero-order valence-corrected chi connectivity index (χ0v) is 10.5. The van der Waals surface area contributed by atoms with Crippen molar-refractivity contribution in [3.8, 4) is 0 Å². The van der Waals surface area contributed by atoms with Crippen molar-refractivity contribution in [2.45, 2.75) is 13.8 Å². The van der Waals surface area contributed by atoms with Crippen LogP contribution in [0.3, 0.4) is 0 Å². The van der Waals surface area contributed by atoms with E-state index in [0.717, 1.165) is 0 Å². The monoisotopic (exact) mass is 247 g/mol. The summed E-state index contributed by atoms with van der Waals surface area (Å²) in [6.45, 7) is 4.06. The third kappa shape index (κ3) is 4.58. The van der Waals surface area contributed by atoms with Gasteiger partial charge in [0.15, 0.2) is 5.84 Å². The second-order valence-corrected chi connectivity index (χ2v) is 4.17. The van der Waals surface area contributed by atoms with E-state index in [4.69, 9.17) is 20.8 Å². The molecular formula is C10H21N3O4. The van der Waals surface area contributed by atoms with E-state index in [0.29, 0.717) is 13.2 Å². The largest absolute Gasteiger partial charge is 0.409 e.